The minimum Gasteiger partial charge on any atom is -0.306 e. The summed E-state index contributed by atoms with van der Waals surface area (Å²) in [4.78, 5) is 16.0. The standard InChI is InChI=1S/C12H23ClN2O/c1-9(2)11(12(13)16)15(4)10-5-7-14(3)8-6-10/h9-11H,5-8H2,1-4H3. The second-order valence-electron chi connectivity index (χ2n) is 5.19. The number of halogens is 1. The fourth-order valence-electron chi connectivity index (χ4n) is 2.52. The first kappa shape index (κ1) is 13.9. The van der Waals surface area contributed by atoms with Gasteiger partial charge in [0, 0.05) is 6.04 Å². The lowest BCUT2D eigenvalue weighted by Crippen LogP contribution is -2.50. The molecule has 0 aliphatic carbocycles. The van der Waals surface area contributed by atoms with E-state index in [4.69, 9.17) is 11.6 Å². The van der Waals surface area contributed by atoms with Crippen LogP contribution in [0.2, 0.25) is 0 Å². The second kappa shape index (κ2) is 5.99. The number of hydrogen-bond acceptors (Lipinski definition) is 3. The highest BCUT2D eigenvalue weighted by Gasteiger charge is 2.31. The molecule has 0 saturated carbocycles. The third kappa shape index (κ3) is 3.44. The van der Waals surface area contributed by atoms with Gasteiger partial charge in [0.15, 0.2) is 0 Å². The Morgan fingerprint density at radius 3 is 2.25 bits per heavy atom. The molecule has 4 heteroatoms. The molecule has 1 fully saturated rings. The van der Waals surface area contributed by atoms with Crippen LogP contribution in [-0.4, -0.2) is 54.3 Å². The Bertz CT molecular complexity index is 237. The summed E-state index contributed by atoms with van der Waals surface area (Å²) < 4.78 is 0. The third-order valence-electron chi connectivity index (χ3n) is 3.57. The summed E-state index contributed by atoms with van der Waals surface area (Å²) in [5.74, 6) is 0.273. The van der Waals surface area contributed by atoms with Gasteiger partial charge in [-0.3, -0.25) is 9.69 Å². The van der Waals surface area contributed by atoms with Crippen LogP contribution >= 0.6 is 11.6 Å². The molecule has 0 aromatic heterocycles. The summed E-state index contributed by atoms with van der Waals surface area (Å²) in [5, 5.41) is -0.226. The maximum absolute atomic E-state index is 11.4. The maximum Gasteiger partial charge on any atom is 0.239 e. The average molecular weight is 247 g/mol. The van der Waals surface area contributed by atoms with Gasteiger partial charge in [-0.05, 0) is 57.5 Å². The Morgan fingerprint density at radius 2 is 1.88 bits per heavy atom. The molecular weight excluding hydrogens is 224 g/mol. The zero-order valence-corrected chi connectivity index (χ0v) is 11.5. The van der Waals surface area contributed by atoms with Gasteiger partial charge in [0.1, 0.15) is 0 Å². The van der Waals surface area contributed by atoms with E-state index in [9.17, 15) is 4.79 Å². The molecule has 1 saturated heterocycles. The summed E-state index contributed by atoms with van der Waals surface area (Å²) in [6.07, 6.45) is 2.25. The van der Waals surface area contributed by atoms with Gasteiger partial charge >= 0.3 is 0 Å². The molecule has 1 aliphatic rings. The number of carbonyl (C=O) groups excluding carboxylic acids is 1. The maximum atomic E-state index is 11.4. The molecule has 1 aliphatic heterocycles. The Hall–Kier alpha value is -0.120. The monoisotopic (exact) mass is 246 g/mol. The first-order valence-corrected chi connectivity index (χ1v) is 6.41. The molecule has 1 atom stereocenters. The normalized spacial score (nSPS) is 21.7. The summed E-state index contributed by atoms with van der Waals surface area (Å²) >= 11 is 5.69. The Morgan fingerprint density at radius 1 is 1.38 bits per heavy atom. The van der Waals surface area contributed by atoms with Crippen molar-refractivity contribution in [1.82, 2.24) is 9.80 Å². The molecule has 0 amide bonds. The van der Waals surface area contributed by atoms with Crippen molar-refractivity contribution in [2.24, 2.45) is 5.92 Å². The number of hydrogen-bond donors (Lipinski definition) is 0. The molecule has 1 rings (SSSR count). The average Bonchev–Trinajstić information content (AvgIpc) is 2.17. The fourth-order valence-corrected chi connectivity index (χ4v) is 2.93. The van der Waals surface area contributed by atoms with Gasteiger partial charge in [-0.2, -0.15) is 0 Å². The zero-order chi connectivity index (χ0) is 12.3. The van der Waals surface area contributed by atoms with Gasteiger partial charge in [-0.1, -0.05) is 13.8 Å². The quantitative estimate of drug-likeness (QED) is 0.707. The van der Waals surface area contributed by atoms with Crippen LogP contribution in [0.15, 0.2) is 0 Å². The first-order chi connectivity index (χ1) is 7.43. The Kier molecular flexibility index (Phi) is 5.22. The summed E-state index contributed by atoms with van der Waals surface area (Å²) in [7, 11) is 4.17. The van der Waals surface area contributed by atoms with Crippen molar-refractivity contribution < 1.29 is 4.79 Å². The summed E-state index contributed by atoms with van der Waals surface area (Å²) in [5.41, 5.74) is 0. The first-order valence-electron chi connectivity index (χ1n) is 6.03. The van der Waals surface area contributed by atoms with Crippen molar-refractivity contribution in [2.75, 3.05) is 27.2 Å². The molecule has 0 aromatic carbocycles. The van der Waals surface area contributed by atoms with Crippen LogP contribution in [0, 0.1) is 5.92 Å². The van der Waals surface area contributed by atoms with Crippen LogP contribution in [0.4, 0.5) is 0 Å². The van der Waals surface area contributed by atoms with Gasteiger partial charge in [0.2, 0.25) is 5.24 Å². The predicted molar refractivity (Wildman–Crippen MR) is 67.8 cm³/mol. The lowest BCUT2D eigenvalue weighted by atomic mass is 9.98. The van der Waals surface area contributed by atoms with E-state index < -0.39 is 0 Å². The van der Waals surface area contributed by atoms with E-state index in [-0.39, 0.29) is 17.2 Å². The van der Waals surface area contributed by atoms with Crippen LogP contribution in [0.5, 0.6) is 0 Å². The number of carbonyl (C=O) groups is 1. The van der Waals surface area contributed by atoms with E-state index in [0.29, 0.717) is 6.04 Å². The van der Waals surface area contributed by atoms with Gasteiger partial charge in [0.05, 0.1) is 6.04 Å². The van der Waals surface area contributed by atoms with E-state index in [1.165, 1.54) is 0 Å². The van der Waals surface area contributed by atoms with Gasteiger partial charge in [0.25, 0.3) is 0 Å². The van der Waals surface area contributed by atoms with Gasteiger partial charge in [-0.15, -0.1) is 0 Å². The summed E-state index contributed by atoms with van der Waals surface area (Å²) in [6, 6.07) is 0.348. The highest BCUT2D eigenvalue weighted by Crippen LogP contribution is 2.21. The van der Waals surface area contributed by atoms with Crippen molar-refractivity contribution in [3.05, 3.63) is 0 Å². The zero-order valence-electron chi connectivity index (χ0n) is 10.7. The molecule has 94 valence electrons. The summed E-state index contributed by atoms with van der Waals surface area (Å²) in [6.45, 7) is 6.32. The molecule has 0 N–H and O–H groups in total. The van der Waals surface area contributed by atoms with E-state index in [0.717, 1.165) is 25.9 Å². The minimum absolute atomic E-state index is 0.143. The molecule has 1 heterocycles. The molecule has 0 radical (unpaired) electrons. The largest absolute Gasteiger partial charge is 0.306 e. The van der Waals surface area contributed by atoms with Crippen molar-refractivity contribution >= 4 is 16.8 Å². The fraction of sp³-hybridized carbons (Fsp3) is 0.917. The SMILES string of the molecule is CC(C)C(C(=O)Cl)N(C)C1CCN(C)CC1. The molecule has 1 unspecified atom stereocenters. The van der Waals surface area contributed by atoms with Crippen LogP contribution in [0.3, 0.4) is 0 Å². The van der Waals surface area contributed by atoms with Crippen molar-refractivity contribution in [1.29, 1.82) is 0 Å². The minimum atomic E-state index is -0.226. The Balaban J connectivity index is 2.60. The number of nitrogens with zero attached hydrogens (tertiary/aromatic N) is 2. The third-order valence-corrected chi connectivity index (χ3v) is 3.79. The van der Waals surface area contributed by atoms with E-state index in [2.05, 4.69) is 30.7 Å². The molecular formula is C12H23ClN2O. The lowest BCUT2D eigenvalue weighted by Gasteiger charge is -2.39. The second-order valence-corrected chi connectivity index (χ2v) is 5.57. The molecule has 0 bridgehead atoms. The van der Waals surface area contributed by atoms with Gasteiger partial charge in [-0.25, -0.2) is 0 Å². The molecule has 0 aromatic rings. The van der Waals surface area contributed by atoms with Crippen molar-refractivity contribution in [3.63, 3.8) is 0 Å². The van der Waals surface area contributed by atoms with Crippen LogP contribution in [0.1, 0.15) is 26.7 Å². The Labute approximate surface area is 104 Å². The van der Waals surface area contributed by atoms with Crippen molar-refractivity contribution in [2.45, 2.75) is 38.8 Å². The smallest absolute Gasteiger partial charge is 0.239 e. The molecule has 3 nitrogen and oxygen atoms in total. The lowest BCUT2D eigenvalue weighted by molar-refractivity contribution is -0.118. The number of rotatable bonds is 4. The topological polar surface area (TPSA) is 23.6 Å². The van der Waals surface area contributed by atoms with E-state index >= 15 is 0 Å². The molecule has 16 heavy (non-hydrogen) atoms. The van der Waals surface area contributed by atoms with Crippen LogP contribution < -0.4 is 0 Å². The number of likely N-dealkylation sites (N-methyl/N-ethyl adjacent to an activating group) is 1. The van der Waals surface area contributed by atoms with Crippen LogP contribution in [-0.2, 0) is 4.79 Å². The predicted octanol–water partition coefficient (Wildman–Crippen LogP) is 1.80. The highest BCUT2D eigenvalue weighted by molar-refractivity contribution is 6.64. The van der Waals surface area contributed by atoms with Crippen molar-refractivity contribution in [3.8, 4) is 0 Å². The van der Waals surface area contributed by atoms with E-state index in [1.807, 2.05) is 7.05 Å². The highest BCUT2D eigenvalue weighted by atomic mass is 35.5. The number of likely N-dealkylation sites (tertiary alicyclic amines) is 1. The molecule has 0 spiro atoms. The van der Waals surface area contributed by atoms with Crippen LogP contribution in [0.25, 0.3) is 0 Å². The van der Waals surface area contributed by atoms with Gasteiger partial charge < -0.3 is 4.90 Å². The van der Waals surface area contributed by atoms with E-state index in [1.54, 1.807) is 0 Å². The number of piperidine rings is 1.